The molecule has 0 saturated heterocycles. The highest BCUT2D eigenvalue weighted by Gasteiger charge is 2.36. The van der Waals surface area contributed by atoms with Crippen LogP contribution in [0.5, 0.6) is 0 Å². The first-order chi connectivity index (χ1) is 9.66. The smallest absolute Gasteiger partial charge is 0.266 e. The molecule has 2 heterocycles. The fourth-order valence-corrected chi connectivity index (χ4v) is 2.09. The Kier molecular flexibility index (Phi) is 3.04. The Morgan fingerprint density at radius 1 is 1.00 bits per heavy atom. The van der Waals surface area contributed by atoms with Crippen LogP contribution in [0.3, 0.4) is 0 Å². The van der Waals surface area contributed by atoms with Crippen molar-refractivity contribution in [3.8, 4) is 0 Å². The van der Waals surface area contributed by atoms with E-state index in [1.807, 2.05) is 19.1 Å². The maximum atomic E-state index is 12.1. The first-order valence-electron chi connectivity index (χ1n) is 6.20. The molecule has 0 fully saturated rings. The average molecular weight is 268 g/mol. The molecule has 5 nitrogen and oxygen atoms in total. The normalized spacial score (nSPS) is 13.8. The predicted octanol–water partition coefficient (Wildman–Crippen LogP) is 2.12. The average Bonchev–Trinajstić information content (AvgIpc) is 2.70. The number of carbonyl (C=O) groups is 2. The summed E-state index contributed by atoms with van der Waals surface area (Å²) in [4.78, 5) is 33.7. The molecule has 0 aliphatic carbocycles. The third-order valence-electron chi connectivity index (χ3n) is 3.04. The molecular formula is C15H12N2O3. The fraction of sp³-hybridized carbons (Fsp3) is 0.133. The van der Waals surface area contributed by atoms with Gasteiger partial charge in [0.05, 0.1) is 16.8 Å². The molecule has 1 aliphatic rings. The predicted molar refractivity (Wildman–Crippen MR) is 70.7 cm³/mol. The quantitative estimate of drug-likeness (QED) is 0.800. The Hall–Kier alpha value is -2.53. The second-order valence-corrected chi connectivity index (χ2v) is 4.49. The van der Waals surface area contributed by atoms with Crippen LogP contribution in [0.1, 0.15) is 32.1 Å². The molecule has 0 atom stereocenters. The van der Waals surface area contributed by atoms with E-state index in [0.717, 1.165) is 10.8 Å². The molecule has 0 bridgehead atoms. The van der Waals surface area contributed by atoms with Crippen molar-refractivity contribution in [3.05, 3.63) is 65.0 Å². The zero-order valence-electron chi connectivity index (χ0n) is 10.9. The molecule has 1 aromatic carbocycles. The van der Waals surface area contributed by atoms with E-state index in [-0.39, 0.29) is 6.61 Å². The molecule has 0 unspecified atom stereocenters. The number of pyridine rings is 1. The number of fused-ring (bicyclic) bond motifs is 1. The summed E-state index contributed by atoms with van der Waals surface area (Å²) in [5.41, 5.74) is 2.26. The number of amides is 2. The Labute approximate surface area is 115 Å². The van der Waals surface area contributed by atoms with Gasteiger partial charge in [0.2, 0.25) is 0 Å². The van der Waals surface area contributed by atoms with E-state index in [2.05, 4.69) is 4.98 Å². The molecular weight excluding hydrogens is 256 g/mol. The Balaban J connectivity index is 1.77. The van der Waals surface area contributed by atoms with Gasteiger partial charge in [-0.25, -0.2) is 0 Å². The SMILES string of the molecule is Cc1cccc(CON2C(=O)c3ccccc3C2=O)n1. The number of benzene rings is 1. The van der Waals surface area contributed by atoms with Crippen LogP contribution in [0.2, 0.25) is 0 Å². The Morgan fingerprint density at radius 3 is 2.25 bits per heavy atom. The van der Waals surface area contributed by atoms with Gasteiger partial charge in [0.15, 0.2) is 0 Å². The minimum Gasteiger partial charge on any atom is -0.266 e. The zero-order chi connectivity index (χ0) is 14.1. The van der Waals surface area contributed by atoms with E-state index in [1.54, 1.807) is 30.3 Å². The monoisotopic (exact) mass is 268 g/mol. The van der Waals surface area contributed by atoms with E-state index in [0.29, 0.717) is 16.8 Å². The van der Waals surface area contributed by atoms with Crippen molar-refractivity contribution in [1.82, 2.24) is 10.0 Å². The molecule has 3 rings (SSSR count). The van der Waals surface area contributed by atoms with Gasteiger partial charge in [0.25, 0.3) is 11.8 Å². The van der Waals surface area contributed by atoms with Gasteiger partial charge in [0.1, 0.15) is 6.61 Å². The van der Waals surface area contributed by atoms with Crippen LogP contribution in [0.15, 0.2) is 42.5 Å². The van der Waals surface area contributed by atoms with Gasteiger partial charge < -0.3 is 0 Å². The number of rotatable bonds is 3. The van der Waals surface area contributed by atoms with Gasteiger partial charge in [0, 0.05) is 5.69 Å². The lowest BCUT2D eigenvalue weighted by Gasteiger charge is -2.13. The lowest BCUT2D eigenvalue weighted by Crippen LogP contribution is -2.29. The van der Waals surface area contributed by atoms with Gasteiger partial charge >= 0.3 is 0 Å². The molecule has 1 aliphatic heterocycles. The van der Waals surface area contributed by atoms with Crippen molar-refractivity contribution in [2.45, 2.75) is 13.5 Å². The van der Waals surface area contributed by atoms with Crippen LogP contribution in [0.4, 0.5) is 0 Å². The Bertz CT molecular complexity index is 662. The third kappa shape index (κ3) is 2.08. The van der Waals surface area contributed by atoms with Crippen molar-refractivity contribution in [2.24, 2.45) is 0 Å². The molecule has 1 aromatic heterocycles. The standard InChI is InChI=1S/C15H12N2O3/c1-10-5-4-6-11(16-10)9-20-17-14(18)12-7-2-3-8-13(12)15(17)19/h2-8H,9H2,1H3. The zero-order valence-corrected chi connectivity index (χ0v) is 10.9. The van der Waals surface area contributed by atoms with Crippen LogP contribution in [-0.2, 0) is 11.4 Å². The molecule has 2 aromatic rings. The van der Waals surface area contributed by atoms with Crippen LogP contribution in [-0.4, -0.2) is 21.9 Å². The van der Waals surface area contributed by atoms with Crippen molar-refractivity contribution in [1.29, 1.82) is 0 Å². The number of hydrogen-bond acceptors (Lipinski definition) is 4. The molecule has 0 radical (unpaired) electrons. The lowest BCUT2D eigenvalue weighted by atomic mass is 10.1. The van der Waals surface area contributed by atoms with Gasteiger partial charge in [-0.15, -0.1) is 5.06 Å². The molecule has 20 heavy (non-hydrogen) atoms. The van der Waals surface area contributed by atoms with Crippen molar-refractivity contribution in [3.63, 3.8) is 0 Å². The number of imide groups is 1. The minimum atomic E-state index is -0.432. The lowest BCUT2D eigenvalue weighted by molar-refractivity contribution is -0.102. The van der Waals surface area contributed by atoms with Crippen LogP contribution < -0.4 is 0 Å². The summed E-state index contributed by atoms with van der Waals surface area (Å²) in [6.45, 7) is 1.94. The summed E-state index contributed by atoms with van der Waals surface area (Å²) in [5, 5.41) is 0.800. The fourth-order valence-electron chi connectivity index (χ4n) is 2.09. The van der Waals surface area contributed by atoms with E-state index in [9.17, 15) is 9.59 Å². The van der Waals surface area contributed by atoms with Gasteiger partial charge in [-0.05, 0) is 31.2 Å². The number of carbonyl (C=O) groups excluding carboxylic acids is 2. The first-order valence-corrected chi connectivity index (χ1v) is 6.20. The summed E-state index contributed by atoms with van der Waals surface area (Å²) in [5.74, 6) is -0.864. The highest BCUT2D eigenvalue weighted by molar-refractivity contribution is 6.20. The maximum Gasteiger partial charge on any atom is 0.285 e. The summed E-state index contributed by atoms with van der Waals surface area (Å²) in [6.07, 6.45) is 0. The van der Waals surface area contributed by atoms with E-state index < -0.39 is 11.8 Å². The largest absolute Gasteiger partial charge is 0.285 e. The van der Waals surface area contributed by atoms with Crippen molar-refractivity contribution >= 4 is 11.8 Å². The summed E-state index contributed by atoms with van der Waals surface area (Å²) in [7, 11) is 0. The molecule has 100 valence electrons. The molecule has 0 spiro atoms. The number of nitrogens with zero attached hydrogens (tertiary/aromatic N) is 2. The number of hydrogen-bond donors (Lipinski definition) is 0. The molecule has 0 saturated carbocycles. The van der Waals surface area contributed by atoms with Crippen molar-refractivity contribution in [2.75, 3.05) is 0 Å². The minimum absolute atomic E-state index is 0.0765. The summed E-state index contributed by atoms with van der Waals surface area (Å²) in [6, 6.07) is 12.2. The molecule has 2 amide bonds. The number of aromatic nitrogens is 1. The van der Waals surface area contributed by atoms with E-state index >= 15 is 0 Å². The first kappa shape index (κ1) is 12.5. The highest BCUT2D eigenvalue weighted by atomic mass is 16.7. The van der Waals surface area contributed by atoms with Gasteiger partial charge in [-0.3, -0.25) is 19.4 Å². The van der Waals surface area contributed by atoms with Crippen molar-refractivity contribution < 1.29 is 14.4 Å². The maximum absolute atomic E-state index is 12.1. The highest BCUT2D eigenvalue weighted by Crippen LogP contribution is 2.23. The van der Waals surface area contributed by atoms with Gasteiger partial charge in [-0.1, -0.05) is 18.2 Å². The van der Waals surface area contributed by atoms with Crippen LogP contribution in [0, 0.1) is 6.92 Å². The summed E-state index contributed by atoms with van der Waals surface area (Å²) >= 11 is 0. The van der Waals surface area contributed by atoms with Crippen LogP contribution in [0.25, 0.3) is 0 Å². The number of aryl methyl sites for hydroxylation is 1. The third-order valence-corrected chi connectivity index (χ3v) is 3.04. The van der Waals surface area contributed by atoms with Crippen LogP contribution >= 0.6 is 0 Å². The van der Waals surface area contributed by atoms with Gasteiger partial charge in [-0.2, -0.15) is 0 Å². The van der Waals surface area contributed by atoms with E-state index in [1.165, 1.54) is 0 Å². The Morgan fingerprint density at radius 2 is 1.65 bits per heavy atom. The molecule has 5 heteroatoms. The summed E-state index contributed by atoms with van der Waals surface area (Å²) < 4.78 is 0. The van der Waals surface area contributed by atoms with E-state index in [4.69, 9.17) is 4.84 Å². The second-order valence-electron chi connectivity index (χ2n) is 4.49. The second kappa shape index (κ2) is 4.86. The molecule has 0 N–H and O–H groups in total. The topological polar surface area (TPSA) is 59.5 Å². The number of hydroxylamine groups is 2.